The molecule has 3 aromatic heterocycles. The highest BCUT2D eigenvalue weighted by Crippen LogP contribution is 2.07. The summed E-state index contributed by atoms with van der Waals surface area (Å²) in [5.41, 5.74) is 2.77. The number of hydrogen-bond donors (Lipinski definition) is 1. The van der Waals surface area contributed by atoms with Crippen LogP contribution in [0, 0.1) is 6.92 Å². The molecule has 3 rings (SSSR count). The van der Waals surface area contributed by atoms with E-state index in [0.29, 0.717) is 17.9 Å². The Bertz CT molecular complexity index is 752. The van der Waals surface area contributed by atoms with E-state index in [-0.39, 0.29) is 5.91 Å². The average Bonchev–Trinajstić information content (AvgIpc) is 2.93. The summed E-state index contributed by atoms with van der Waals surface area (Å²) in [6, 6.07) is 5.27. The number of rotatable bonds is 3. The summed E-state index contributed by atoms with van der Waals surface area (Å²) < 4.78 is 1.52. The monoisotopic (exact) mass is 268 g/mol. The molecule has 7 nitrogen and oxygen atoms in total. The van der Waals surface area contributed by atoms with E-state index in [2.05, 4.69) is 25.6 Å². The van der Waals surface area contributed by atoms with Crippen LogP contribution in [0.2, 0.25) is 0 Å². The summed E-state index contributed by atoms with van der Waals surface area (Å²) in [5.74, 6) is -0.207. The van der Waals surface area contributed by atoms with Crippen LogP contribution in [0.3, 0.4) is 0 Å². The molecule has 0 unspecified atom stereocenters. The molecule has 0 aromatic carbocycles. The number of hydrogen-bond acceptors (Lipinski definition) is 5. The minimum Gasteiger partial charge on any atom is -0.347 e. The van der Waals surface area contributed by atoms with Gasteiger partial charge in [0.1, 0.15) is 5.69 Å². The Balaban J connectivity index is 1.84. The van der Waals surface area contributed by atoms with Crippen LogP contribution in [-0.4, -0.2) is 30.7 Å². The lowest BCUT2D eigenvalue weighted by molar-refractivity contribution is 0.0943. The first-order chi connectivity index (χ1) is 9.74. The van der Waals surface area contributed by atoms with Crippen molar-refractivity contribution in [2.45, 2.75) is 13.5 Å². The molecule has 7 heteroatoms. The molecule has 0 saturated carbocycles. The van der Waals surface area contributed by atoms with Crippen molar-refractivity contribution in [3.63, 3.8) is 0 Å². The van der Waals surface area contributed by atoms with Crippen molar-refractivity contribution in [1.82, 2.24) is 30.1 Å². The first-order valence-corrected chi connectivity index (χ1v) is 6.09. The van der Waals surface area contributed by atoms with Gasteiger partial charge < -0.3 is 5.32 Å². The summed E-state index contributed by atoms with van der Waals surface area (Å²) in [5, 5.41) is 14.4. The Morgan fingerprint density at radius 2 is 2.20 bits per heavy atom. The third kappa shape index (κ3) is 2.33. The molecule has 1 N–H and O–H groups in total. The number of fused-ring (bicyclic) bond motifs is 1. The third-order valence-corrected chi connectivity index (χ3v) is 2.82. The molecule has 0 saturated heterocycles. The second-order valence-electron chi connectivity index (χ2n) is 4.32. The molecule has 0 aliphatic carbocycles. The molecule has 0 atom stereocenters. The van der Waals surface area contributed by atoms with Gasteiger partial charge in [-0.15, -0.1) is 0 Å². The Hall–Kier alpha value is -2.83. The van der Waals surface area contributed by atoms with Crippen molar-refractivity contribution in [2.75, 3.05) is 0 Å². The van der Waals surface area contributed by atoms with Crippen LogP contribution >= 0.6 is 0 Å². The first-order valence-electron chi connectivity index (χ1n) is 6.09. The predicted octanol–water partition coefficient (Wildman–Crippen LogP) is 0.758. The Morgan fingerprint density at radius 3 is 3.00 bits per heavy atom. The van der Waals surface area contributed by atoms with Crippen LogP contribution < -0.4 is 5.32 Å². The zero-order chi connectivity index (χ0) is 13.9. The van der Waals surface area contributed by atoms with E-state index >= 15 is 0 Å². The molecule has 0 fully saturated rings. The fraction of sp³-hybridized carbons (Fsp3) is 0.154. The van der Waals surface area contributed by atoms with Crippen LogP contribution in [0.4, 0.5) is 0 Å². The third-order valence-electron chi connectivity index (χ3n) is 2.82. The Labute approximate surface area is 114 Å². The molecule has 100 valence electrons. The van der Waals surface area contributed by atoms with Gasteiger partial charge in [0.2, 0.25) is 0 Å². The lowest BCUT2D eigenvalue weighted by atomic mass is 10.3. The van der Waals surface area contributed by atoms with Gasteiger partial charge in [-0.25, -0.2) is 9.50 Å². The van der Waals surface area contributed by atoms with Gasteiger partial charge in [0.05, 0.1) is 12.4 Å². The molecule has 20 heavy (non-hydrogen) atoms. The standard InChI is InChI=1S/C13H12N6O/c1-9-6-11(19-12(18-9)3-5-17-19)13(20)14-7-10-2-4-15-16-8-10/h2-6,8H,7H2,1H3,(H,14,20). The number of aryl methyl sites for hydroxylation is 1. The number of amides is 1. The number of nitrogens with one attached hydrogen (secondary N) is 1. The Kier molecular flexibility index (Phi) is 3.08. The van der Waals surface area contributed by atoms with Crippen LogP contribution in [0.25, 0.3) is 5.65 Å². The minimum atomic E-state index is -0.207. The molecule has 0 aliphatic rings. The normalized spacial score (nSPS) is 10.7. The fourth-order valence-corrected chi connectivity index (χ4v) is 1.90. The molecule has 0 aliphatic heterocycles. The number of carbonyl (C=O) groups is 1. The fourth-order valence-electron chi connectivity index (χ4n) is 1.90. The van der Waals surface area contributed by atoms with Crippen LogP contribution in [0.15, 0.2) is 36.8 Å². The summed E-state index contributed by atoms with van der Waals surface area (Å²) in [6.07, 6.45) is 4.82. The molecule has 0 bridgehead atoms. The van der Waals surface area contributed by atoms with Gasteiger partial charge in [0, 0.05) is 24.5 Å². The quantitative estimate of drug-likeness (QED) is 0.758. The molecule has 3 aromatic rings. The van der Waals surface area contributed by atoms with E-state index in [9.17, 15) is 4.79 Å². The smallest absolute Gasteiger partial charge is 0.270 e. The van der Waals surface area contributed by atoms with E-state index in [1.165, 1.54) is 4.52 Å². The zero-order valence-corrected chi connectivity index (χ0v) is 10.8. The lowest BCUT2D eigenvalue weighted by Gasteiger charge is -2.07. The van der Waals surface area contributed by atoms with Crippen LogP contribution in [-0.2, 0) is 6.54 Å². The largest absolute Gasteiger partial charge is 0.347 e. The second kappa shape index (κ2) is 5.04. The predicted molar refractivity (Wildman–Crippen MR) is 70.9 cm³/mol. The molecular weight excluding hydrogens is 256 g/mol. The molecular formula is C13H12N6O. The lowest BCUT2D eigenvalue weighted by Crippen LogP contribution is -2.25. The summed E-state index contributed by atoms with van der Waals surface area (Å²) in [4.78, 5) is 16.5. The highest BCUT2D eigenvalue weighted by molar-refractivity contribution is 5.93. The average molecular weight is 268 g/mol. The number of aromatic nitrogens is 5. The van der Waals surface area contributed by atoms with Crippen molar-refractivity contribution in [2.24, 2.45) is 0 Å². The van der Waals surface area contributed by atoms with Crippen molar-refractivity contribution < 1.29 is 4.79 Å². The van der Waals surface area contributed by atoms with Crippen LogP contribution in [0.5, 0.6) is 0 Å². The van der Waals surface area contributed by atoms with Gasteiger partial charge in [-0.05, 0) is 24.6 Å². The van der Waals surface area contributed by atoms with E-state index in [0.717, 1.165) is 11.3 Å². The maximum atomic E-state index is 12.2. The summed E-state index contributed by atoms with van der Waals surface area (Å²) in [7, 11) is 0. The minimum absolute atomic E-state index is 0.207. The maximum absolute atomic E-state index is 12.2. The van der Waals surface area contributed by atoms with Gasteiger partial charge in [-0.1, -0.05) is 0 Å². The van der Waals surface area contributed by atoms with E-state index in [4.69, 9.17) is 0 Å². The second-order valence-corrected chi connectivity index (χ2v) is 4.32. The number of carbonyl (C=O) groups excluding carboxylic acids is 1. The van der Waals surface area contributed by atoms with Gasteiger partial charge in [-0.3, -0.25) is 4.79 Å². The van der Waals surface area contributed by atoms with Gasteiger partial charge >= 0.3 is 0 Å². The Morgan fingerprint density at radius 1 is 1.30 bits per heavy atom. The summed E-state index contributed by atoms with van der Waals surface area (Å²) >= 11 is 0. The van der Waals surface area contributed by atoms with Crippen molar-refractivity contribution in [3.05, 3.63) is 53.7 Å². The summed E-state index contributed by atoms with van der Waals surface area (Å²) in [6.45, 7) is 2.23. The number of nitrogens with zero attached hydrogens (tertiary/aromatic N) is 5. The van der Waals surface area contributed by atoms with Gasteiger partial charge in [-0.2, -0.15) is 15.3 Å². The van der Waals surface area contributed by atoms with Gasteiger partial charge in [0.15, 0.2) is 5.65 Å². The first kappa shape index (κ1) is 12.2. The highest BCUT2D eigenvalue weighted by Gasteiger charge is 2.12. The highest BCUT2D eigenvalue weighted by atomic mass is 16.1. The van der Waals surface area contributed by atoms with Crippen molar-refractivity contribution >= 4 is 11.6 Å². The molecule has 1 amide bonds. The van der Waals surface area contributed by atoms with Crippen molar-refractivity contribution in [3.8, 4) is 0 Å². The topological polar surface area (TPSA) is 85.1 Å². The van der Waals surface area contributed by atoms with Crippen LogP contribution in [0.1, 0.15) is 21.7 Å². The van der Waals surface area contributed by atoms with E-state index in [1.807, 2.05) is 6.92 Å². The molecule has 0 radical (unpaired) electrons. The van der Waals surface area contributed by atoms with Gasteiger partial charge in [0.25, 0.3) is 5.91 Å². The maximum Gasteiger partial charge on any atom is 0.270 e. The SMILES string of the molecule is Cc1cc(C(=O)NCc2ccnnc2)n2nccc2n1. The van der Waals surface area contributed by atoms with E-state index < -0.39 is 0 Å². The molecule has 0 spiro atoms. The van der Waals surface area contributed by atoms with E-state index in [1.54, 1.807) is 36.8 Å². The zero-order valence-electron chi connectivity index (χ0n) is 10.8. The molecule has 3 heterocycles. The van der Waals surface area contributed by atoms with Crippen molar-refractivity contribution in [1.29, 1.82) is 0 Å².